The van der Waals surface area contributed by atoms with E-state index in [1.807, 2.05) is 31.2 Å². The zero-order valence-electron chi connectivity index (χ0n) is 9.00. The van der Waals surface area contributed by atoms with E-state index in [0.29, 0.717) is 12.8 Å². The number of methoxy groups -OCH3 is 1. The van der Waals surface area contributed by atoms with E-state index in [1.165, 1.54) is 0 Å². The van der Waals surface area contributed by atoms with Crippen molar-refractivity contribution in [2.45, 2.75) is 25.9 Å². The molecule has 0 aliphatic heterocycles. The molecule has 0 spiro atoms. The highest BCUT2D eigenvalue weighted by Crippen LogP contribution is 2.13. The molecular formula is C12H15BrO2. The van der Waals surface area contributed by atoms with Crippen molar-refractivity contribution in [3.05, 3.63) is 34.3 Å². The van der Waals surface area contributed by atoms with Crippen LogP contribution in [-0.4, -0.2) is 19.0 Å². The van der Waals surface area contributed by atoms with E-state index in [4.69, 9.17) is 4.74 Å². The minimum Gasteiger partial charge on any atom is -0.381 e. The maximum atomic E-state index is 11.6. The van der Waals surface area contributed by atoms with Crippen molar-refractivity contribution in [2.75, 3.05) is 7.11 Å². The summed E-state index contributed by atoms with van der Waals surface area (Å²) in [6.07, 6.45) is 0.959. The van der Waals surface area contributed by atoms with Crippen molar-refractivity contribution in [1.82, 2.24) is 0 Å². The predicted molar refractivity (Wildman–Crippen MR) is 63.9 cm³/mol. The van der Waals surface area contributed by atoms with Crippen LogP contribution >= 0.6 is 15.9 Å². The van der Waals surface area contributed by atoms with Gasteiger partial charge in [0.25, 0.3) is 0 Å². The Balaban J connectivity index is 2.51. The Kier molecular flexibility index (Phi) is 4.99. The molecule has 1 atom stereocenters. The molecule has 0 bridgehead atoms. The van der Waals surface area contributed by atoms with Crippen molar-refractivity contribution in [3.8, 4) is 0 Å². The number of carbonyl (C=O) groups excluding carboxylic acids is 1. The normalized spacial score (nSPS) is 12.5. The molecule has 1 aromatic rings. The summed E-state index contributed by atoms with van der Waals surface area (Å²) in [4.78, 5) is 11.6. The Morgan fingerprint density at radius 3 is 2.87 bits per heavy atom. The molecular weight excluding hydrogens is 256 g/mol. The van der Waals surface area contributed by atoms with Crippen LogP contribution in [0.1, 0.15) is 18.9 Å². The number of halogens is 1. The molecule has 0 radical (unpaired) electrons. The van der Waals surface area contributed by atoms with Crippen LogP contribution in [0.4, 0.5) is 0 Å². The summed E-state index contributed by atoms with van der Waals surface area (Å²) < 4.78 is 6.06. The standard InChI is InChI=1S/C12H15BrO2/c1-9(15-2)6-12(14)8-10-4-3-5-11(13)7-10/h3-5,7,9H,6,8H2,1-2H3. The van der Waals surface area contributed by atoms with Crippen LogP contribution in [-0.2, 0) is 16.0 Å². The Morgan fingerprint density at radius 1 is 1.53 bits per heavy atom. The first kappa shape index (κ1) is 12.4. The first-order chi connectivity index (χ1) is 7.11. The fourth-order valence-electron chi connectivity index (χ4n) is 1.35. The van der Waals surface area contributed by atoms with Gasteiger partial charge in [0.15, 0.2) is 0 Å². The Morgan fingerprint density at radius 2 is 2.27 bits per heavy atom. The molecule has 0 fully saturated rings. The lowest BCUT2D eigenvalue weighted by Gasteiger charge is -2.08. The van der Waals surface area contributed by atoms with E-state index in [9.17, 15) is 4.79 Å². The summed E-state index contributed by atoms with van der Waals surface area (Å²) >= 11 is 3.38. The third-order valence-electron chi connectivity index (χ3n) is 2.21. The van der Waals surface area contributed by atoms with Crippen LogP contribution in [0.15, 0.2) is 28.7 Å². The molecule has 1 rings (SSSR count). The van der Waals surface area contributed by atoms with Crippen LogP contribution in [0.2, 0.25) is 0 Å². The van der Waals surface area contributed by atoms with Crippen molar-refractivity contribution < 1.29 is 9.53 Å². The monoisotopic (exact) mass is 270 g/mol. The average Bonchev–Trinajstić information content (AvgIpc) is 2.17. The molecule has 0 amide bonds. The SMILES string of the molecule is COC(C)CC(=O)Cc1cccc(Br)c1. The first-order valence-electron chi connectivity index (χ1n) is 4.90. The van der Waals surface area contributed by atoms with Crippen molar-refractivity contribution >= 4 is 21.7 Å². The second-order valence-electron chi connectivity index (χ2n) is 3.60. The topological polar surface area (TPSA) is 26.3 Å². The molecule has 0 aliphatic carbocycles. The van der Waals surface area contributed by atoms with Gasteiger partial charge in [-0.15, -0.1) is 0 Å². The van der Waals surface area contributed by atoms with Crippen LogP contribution in [0, 0.1) is 0 Å². The quantitative estimate of drug-likeness (QED) is 0.823. The summed E-state index contributed by atoms with van der Waals surface area (Å²) in [5.41, 5.74) is 1.04. The maximum absolute atomic E-state index is 11.6. The van der Waals surface area contributed by atoms with Gasteiger partial charge in [-0.05, 0) is 24.6 Å². The smallest absolute Gasteiger partial charge is 0.139 e. The zero-order valence-corrected chi connectivity index (χ0v) is 10.6. The van der Waals surface area contributed by atoms with Gasteiger partial charge in [-0.2, -0.15) is 0 Å². The number of ether oxygens (including phenoxy) is 1. The van der Waals surface area contributed by atoms with Gasteiger partial charge < -0.3 is 4.74 Å². The van der Waals surface area contributed by atoms with Gasteiger partial charge in [0, 0.05) is 24.4 Å². The number of ketones is 1. The molecule has 1 unspecified atom stereocenters. The summed E-state index contributed by atoms with van der Waals surface area (Å²) in [5.74, 6) is 0.211. The highest BCUT2D eigenvalue weighted by molar-refractivity contribution is 9.10. The molecule has 2 nitrogen and oxygen atoms in total. The van der Waals surface area contributed by atoms with E-state index < -0.39 is 0 Å². The fourth-order valence-corrected chi connectivity index (χ4v) is 1.80. The second kappa shape index (κ2) is 6.03. The second-order valence-corrected chi connectivity index (χ2v) is 4.51. The third kappa shape index (κ3) is 4.58. The largest absolute Gasteiger partial charge is 0.381 e. The molecule has 0 saturated heterocycles. The zero-order chi connectivity index (χ0) is 11.3. The van der Waals surface area contributed by atoms with Crippen molar-refractivity contribution in [1.29, 1.82) is 0 Å². The summed E-state index contributed by atoms with van der Waals surface area (Å²) in [7, 11) is 1.62. The summed E-state index contributed by atoms with van der Waals surface area (Å²) in [6, 6.07) is 7.81. The number of Topliss-reactive ketones (excluding diaryl/α,β-unsaturated/α-hetero) is 1. The lowest BCUT2D eigenvalue weighted by molar-refractivity contribution is -0.120. The number of rotatable bonds is 5. The van der Waals surface area contributed by atoms with Gasteiger partial charge >= 0.3 is 0 Å². The van der Waals surface area contributed by atoms with Crippen molar-refractivity contribution in [3.63, 3.8) is 0 Å². The van der Waals surface area contributed by atoms with E-state index in [-0.39, 0.29) is 11.9 Å². The number of hydrogen-bond donors (Lipinski definition) is 0. The Labute approximate surface area is 98.8 Å². The van der Waals surface area contributed by atoms with E-state index in [1.54, 1.807) is 7.11 Å². The maximum Gasteiger partial charge on any atom is 0.139 e. The van der Waals surface area contributed by atoms with Gasteiger partial charge in [0.2, 0.25) is 0 Å². The number of carbonyl (C=O) groups is 1. The highest BCUT2D eigenvalue weighted by Gasteiger charge is 2.08. The van der Waals surface area contributed by atoms with Crippen LogP contribution < -0.4 is 0 Å². The molecule has 0 aromatic heterocycles. The third-order valence-corrected chi connectivity index (χ3v) is 2.70. The van der Waals surface area contributed by atoms with E-state index >= 15 is 0 Å². The molecule has 15 heavy (non-hydrogen) atoms. The van der Waals surface area contributed by atoms with Gasteiger partial charge in [-0.1, -0.05) is 28.1 Å². The average molecular weight is 271 g/mol. The number of hydrogen-bond acceptors (Lipinski definition) is 2. The van der Waals surface area contributed by atoms with Crippen LogP contribution in [0.25, 0.3) is 0 Å². The lowest BCUT2D eigenvalue weighted by atomic mass is 10.1. The van der Waals surface area contributed by atoms with E-state index in [2.05, 4.69) is 15.9 Å². The minimum absolute atomic E-state index is 0.00431. The minimum atomic E-state index is 0.00431. The molecule has 0 saturated carbocycles. The Bertz CT molecular complexity index is 336. The van der Waals surface area contributed by atoms with Gasteiger partial charge in [-0.25, -0.2) is 0 Å². The molecule has 3 heteroatoms. The van der Waals surface area contributed by atoms with Gasteiger partial charge in [0.05, 0.1) is 6.10 Å². The van der Waals surface area contributed by atoms with Crippen LogP contribution in [0.5, 0.6) is 0 Å². The van der Waals surface area contributed by atoms with Gasteiger partial charge in [0.1, 0.15) is 5.78 Å². The van der Waals surface area contributed by atoms with Crippen LogP contribution in [0.3, 0.4) is 0 Å². The molecule has 82 valence electrons. The first-order valence-corrected chi connectivity index (χ1v) is 5.70. The summed E-state index contributed by atoms with van der Waals surface area (Å²) in [5, 5.41) is 0. The fraction of sp³-hybridized carbons (Fsp3) is 0.417. The van der Waals surface area contributed by atoms with Crippen molar-refractivity contribution in [2.24, 2.45) is 0 Å². The molecule has 1 aromatic carbocycles. The highest BCUT2D eigenvalue weighted by atomic mass is 79.9. The predicted octanol–water partition coefficient (Wildman–Crippen LogP) is 2.99. The molecule has 0 heterocycles. The van der Waals surface area contributed by atoms with E-state index in [0.717, 1.165) is 10.0 Å². The lowest BCUT2D eigenvalue weighted by Crippen LogP contribution is -2.13. The molecule has 0 N–H and O–H groups in total. The summed E-state index contributed by atoms with van der Waals surface area (Å²) in [6.45, 7) is 1.90. The Hall–Kier alpha value is -0.670. The molecule has 0 aliphatic rings. The number of benzene rings is 1. The van der Waals surface area contributed by atoms with Gasteiger partial charge in [-0.3, -0.25) is 4.79 Å².